The lowest BCUT2D eigenvalue weighted by molar-refractivity contribution is -0.140. The van der Waals surface area contributed by atoms with Crippen LogP contribution in [0.25, 0.3) is 0 Å². The largest absolute Gasteiger partial charge is 0.494 e. The molecule has 6 nitrogen and oxygen atoms in total. The number of ether oxygens (including phenoxy) is 1. The number of nitrogens with one attached hydrogen (secondary N) is 2. The van der Waals surface area contributed by atoms with Crippen molar-refractivity contribution in [3.05, 3.63) is 53.3 Å². The van der Waals surface area contributed by atoms with Crippen LogP contribution in [0.1, 0.15) is 25.0 Å². The summed E-state index contributed by atoms with van der Waals surface area (Å²) >= 11 is 0. The van der Waals surface area contributed by atoms with Crippen molar-refractivity contribution in [2.45, 2.75) is 37.9 Å². The summed E-state index contributed by atoms with van der Waals surface area (Å²) in [7, 11) is -4.10. The van der Waals surface area contributed by atoms with Crippen molar-refractivity contribution in [1.82, 2.24) is 4.72 Å². The van der Waals surface area contributed by atoms with Crippen molar-refractivity contribution < 1.29 is 35.5 Å². The van der Waals surface area contributed by atoms with E-state index in [1.165, 1.54) is 25.1 Å². The molecule has 30 heavy (non-hydrogen) atoms. The van der Waals surface area contributed by atoms with Gasteiger partial charge in [0.15, 0.2) is 0 Å². The lowest BCUT2D eigenvalue weighted by atomic mass is 10.1. The van der Waals surface area contributed by atoms with E-state index >= 15 is 0 Å². The number of hydrogen-bond acceptors (Lipinski definition) is 4. The zero-order valence-corrected chi connectivity index (χ0v) is 17.1. The van der Waals surface area contributed by atoms with E-state index in [0.717, 1.165) is 6.07 Å². The summed E-state index contributed by atoms with van der Waals surface area (Å²) < 4.78 is 84.3. The van der Waals surface area contributed by atoms with Crippen LogP contribution in [0.2, 0.25) is 0 Å². The first kappa shape index (κ1) is 23.6. The van der Waals surface area contributed by atoms with Crippen LogP contribution in [0.4, 0.5) is 23.2 Å². The van der Waals surface area contributed by atoms with Crippen molar-refractivity contribution in [2.24, 2.45) is 0 Å². The second-order valence-corrected chi connectivity index (χ2v) is 8.10. The normalized spacial score (nSPS) is 13.0. The molecule has 0 radical (unpaired) electrons. The Hall–Kier alpha value is -2.66. The average molecular weight is 448 g/mol. The van der Waals surface area contributed by atoms with Crippen LogP contribution in [0.3, 0.4) is 0 Å². The van der Waals surface area contributed by atoms with Crippen LogP contribution in [0.15, 0.2) is 41.3 Å². The molecule has 2 aromatic carbocycles. The predicted octanol–water partition coefficient (Wildman–Crippen LogP) is 3.86. The molecule has 1 amide bonds. The van der Waals surface area contributed by atoms with Crippen LogP contribution >= 0.6 is 0 Å². The van der Waals surface area contributed by atoms with Gasteiger partial charge in [0.25, 0.3) is 0 Å². The molecule has 0 aromatic heterocycles. The molecular formula is C19H20F4N2O4S. The summed E-state index contributed by atoms with van der Waals surface area (Å²) in [5.41, 5.74) is -1.29. The molecular weight excluding hydrogens is 428 g/mol. The van der Waals surface area contributed by atoms with E-state index in [-0.39, 0.29) is 10.6 Å². The number of carbonyl (C=O) groups is 1. The minimum Gasteiger partial charge on any atom is -0.494 e. The molecule has 0 fully saturated rings. The fraction of sp³-hybridized carbons (Fsp3) is 0.316. The molecule has 0 saturated heterocycles. The second-order valence-electron chi connectivity index (χ2n) is 6.38. The minimum atomic E-state index is -4.94. The Labute approximate surface area is 171 Å². The smallest absolute Gasteiger partial charge is 0.419 e. The van der Waals surface area contributed by atoms with Crippen LogP contribution in [0.5, 0.6) is 5.75 Å². The summed E-state index contributed by atoms with van der Waals surface area (Å²) in [5.74, 6) is -1.89. The molecule has 0 bridgehead atoms. The van der Waals surface area contributed by atoms with Crippen molar-refractivity contribution in [1.29, 1.82) is 0 Å². The van der Waals surface area contributed by atoms with E-state index in [9.17, 15) is 30.8 Å². The van der Waals surface area contributed by atoms with Gasteiger partial charge in [0.05, 0.1) is 23.1 Å². The number of sulfonamides is 1. The first-order chi connectivity index (χ1) is 13.8. The molecule has 1 atom stereocenters. The third kappa shape index (κ3) is 5.70. The van der Waals surface area contributed by atoms with E-state index in [1.54, 1.807) is 13.8 Å². The third-order valence-electron chi connectivity index (χ3n) is 4.02. The van der Waals surface area contributed by atoms with Crippen LogP contribution in [0, 0.1) is 12.7 Å². The number of benzene rings is 2. The lowest BCUT2D eigenvalue weighted by Gasteiger charge is -2.16. The van der Waals surface area contributed by atoms with E-state index in [2.05, 4.69) is 10.0 Å². The Bertz CT molecular complexity index is 1040. The zero-order chi connectivity index (χ0) is 22.7. The number of aryl methyl sites for hydroxylation is 1. The van der Waals surface area contributed by atoms with Crippen molar-refractivity contribution in [3.8, 4) is 5.75 Å². The average Bonchev–Trinajstić information content (AvgIpc) is 2.63. The van der Waals surface area contributed by atoms with E-state index < -0.39 is 39.5 Å². The third-order valence-corrected chi connectivity index (χ3v) is 5.56. The molecule has 0 aliphatic rings. The molecule has 164 valence electrons. The standard InChI is InChI=1S/C19H20F4N2O4S/c1-4-29-17-8-6-14(9-11(17)2)30(27,28)25-12(3)18(26)24-13-5-7-16(20)15(10-13)19(21,22)23/h5-10,12,25H,4H2,1-3H3,(H,24,26)/t12-/m1/s1. The molecule has 0 heterocycles. The van der Waals surface area contributed by atoms with Gasteiger partial charge in [-0.2, -0.15) is 17.9 Å². The molecule has 0 saturated carbocycles. The highest BCUT2D eigenvalue weighted by atomic mass is 32.2. The van der Waals surface area contributed by atoms with E-state index in [4.69, 9.17) is 4.74 Å². The molecule has 2 N–H and O–H groups in total. The maximum Gasteiger partial charge on any atom is 0.419 e. The zero-order valence-electron chi connectivity index (χ0n) is 16.3. The van der Waals surface area contributed by atoms with E-state index in [1.807, 2.05) is 0 Å². The molecule has 0 aliphatic heterocycles. The molecule has 2 aromatic rings. The Kier molecular flexibility index (Phi) is 7.09. The van der Waals surface area contributed by atoms with Gasteiger partial charge in [0.2, 0.25) is 15.9 Å². The number of rotatable bonds is 7. The predicted molar refractivity (Wildman–Crippen MR) is 102 cm³/mol. The Morgan fingerprint density at radius 2 is 1.83 bits per heavy atom. The molecule has 0 unspecified atom stereocenters. The van der Waals surface area contributed by atoms with Crippen LogP contribution < -0.4 is 14.8 Å². The van der Waals surface area contributed by atoms with Gasteiger partial charge in [-0.05, 0) is 62.7 Å². The monoisotopic (exact) mass is 448 g/mol. The number of alkyl halides is 3. The minimum absolute atomic E-state index is 0.107. The number of carbonyl (C=O) groups excluding carboxylic acids is 1. The first-order valence-corrected chi connectivity index (χ1v) is 10.3. The first-order valence-electron chi connectivity index (χ1n) is 8.78. The summed E-state index contributed by atoms with van der Waals surface area (Å²) in [6.07, 6.45) is -4.94. The Balaban J connectivity index is 2.14. The van der Waals surface area contributed by atoms with Gasteiger partial charge in [-0.1, -0.05) is 0 Å². The quantitative estimate of drug-likeness (QED) is 0.630. The summed E-state index contributed by atoms with van der Waals surface area (Å²) in [5, 5.41) is 2.14. The van der Waals surface area contributed by atoms with Gasteiger partial charge >= 0.3 is 6.18 Å². The number of hydrogen-bond donors (Lipinski definition) is 2. The highest BCUT2D eigenvalue weighted by molar-refractivity contribution is 7.89. The maximum atomic E-state index is 13.3. The maximum absolute atomic E-state index is 13.3. The fourth-order valence-corrected chi connectivity index (χ4v) is 3.82. The molecule has 2 rings (SSSR count). The lowest BCUT2D eigenvalue weighted by Crippen LogP contribution is -2.41. The van der Waals surface area contributed by atoms with Gasteiger partial charge in [0.1, 0.15) is 11.6 Å². The van der Waals surface area contributed by atoms with Gasteiger partial charge in [-0.25, -0.2) is 12.8 Å². The van der Waals surface area contributed by atoms with Gasteiger partial charge in [-0.15, -0.1) is 0 Å². The molecule has 11 heteroatoms. The van der Waals surface area contributed by atoms with Gasteiger partial charge in [-0.3, -0.25) is 4.79 Å². The fourth-order valence-electron chi connectivity index (χ4n) is 2.53. The second kappa shape index (κ2) is 9.00. The number of anilines is 1. The number of halogens is 4. The van der Waals surface area contributed by atoms with Crippen molar-refractivity contribution >= 4 is 21.6 Å². The molecule has 0 spiro atoms. The highest BCUT2D eigenvalue weighted by Crippen LogP contribution is 2.33. The SMILES string of the molecule is CCOc1ccc(S(=O)(=O)N[C@H](C)C(=O)Nc2ccc(F)c(C(F)(F)F)c2)cc1C. The van der Waals surface area contributed by atoms with Crippen LogP contribution in [-0.2, 0) is 21.0 Å². The van der Waals surface area contributed by atoms with Crippen molar-refractivity contribution in [3.63, 3.8) is 0 Å². The summed E-state index contributed by atoms with van der Waals surface area (Å²) in [4.78, 5) is 12.1. The van der Waals surface area contributed by atoms with Gasteiger partial charge < -0.3 is 10.1 Å². The summed E-state index contributed by atoms with van der Waals surface area (Å²) in [6.45, 7) is 5.07. The summed E-state index contributed by atoms with van der Waals surface area (Å²) in [6, 6.07) is 4.78. The van der Waals surface area contributed by atoms with Crippen molar-refractivity contribution in [2.75, 3.05) is 11.9 Å². The van der Waals surface area contributed by atoms with E-state index in [0.29, 0.717) is 30.1 Å². The Morgan fingerprint density at radius 3 is 2.40 bits per heavy atom. The highest BCUT2D eigenvalue weighted by Gasteiger charge is 2.34. The topological polar surface area (TPSA) is 84.5 Å². The van der Waals surface area contributed by atoms with Gasteiger partial charge in [0, 0.05) is 5.69 Å². The molecule has 0 aliphatic carbocycles. The number of amides is 1. The Morgan fingerprint density at radius 1 is 1.17 bits per heavy atom. The van der Waals surface area contributed by atoms with Crippen LogP contribution in [-0.4, -0.2) is 27.0 Å².